The molecule has 2 atom stereocenters. The van der Waals surface area contributed by atoms with Crippen LogP contribution in [-0.2, 0) is 10.0 Å². The molecule has 2 N–H and O–H groups in total. The van der Waals surface area contributed by atoms with Crippen molar-refractivity contribution in [1.82, 2.24) is 10.0 Å². The highest BCUT2D eigenvalue weighted by atomic mass is 35.5. The molecule has 0 radical (unpaired) electrons. The molecular formula is C13H20Cl2N2O2S. The fourth-order valence-electron chi connectivity index (χ4n) is 2.32. The average molecular weight is 339 g/mol. The molecule has 0 saturated carbocycles. The van der Waals surface area contributed by atoms with Gasteiger partial charge in [-0.3, -0.25) is 0 Å². The number of rotatable bonds is 3. The third-order valence-corrected chi connectivity index (χ3v) is 5.45. The van der Waals surface area contributed by atoms with E-state index in [9.17, 15) is 8.42 Å². The van der Waals surface area contributed by atoms with Gasteiger partial charge in [0.1, 0.15) is 0 Å². The molecule has 1 saturated heterocycles. The van der Waals surface area contributed by atoms with Crippen LogP contribution in [0.1, 0.15) is 18.9 Å². The number of aryl methyl sites for hydroxylation is 1. The third-order valence-electron chi connectivity index (χ3n) is 3.56. The molecule has 0 amide bonds. The molecule has 0 bridgehead atoms. The van der Waals surface area contributed by atoms with Gasteiger partial charge in [0, 0.05) is 17.6 Å². The zero-order valence-corrected chi connectivity index (χ0v) is 13.9. The van der Waals surface area contributed by atoms with Crippen molar-refractivity contribution in [2.24, 2.45) is 5.92 Å². The lowest BCUT2D eigenvalue weighted by Crippen LogP contribution is -2.50. The van der Waals surface area contributed by atoms with Gasteiger partial charge < -0.3 is 5.32 Å². The van der Waals surface area contributed by atoms with Crippen LogP contribution in [0.2, 0.25) is 5.02 Å². The molecule has 20 heavy (non-hydrogen) atoms. The van der Waals surface area contributed by atoms with Crippen LogP contribution in [0.25, 0.3) is 0 Å². The molecule has 1 fully saturated rings. The number of piperidine rings is 1. The van der Waals surface area contributed by atoms with Crippen LogP contribution >= 0.6 is 24.0 Å². The Kier molecular flexibility index (Phi) is 6.28. The Morgan fingerprint density at radius 2 is 2.10 bits per heavy atom. The Balaban J connectivity index is 0.00000200. The van der Waals surface area contributed by atoms with Crippen LogP contribution in [0.3, 0.4) is 0 Å². The van der Waals surface area contributed by atoms with Crippen molar-refractivity contribution in [2.75, 3.05) is 13.1 Å². The summed E-state index contributed by atoms with van der Waals surface area (Å²) in [5, 5.41) is 3.76. The summed E-state index contributed by atoms with van der Waals surface area (Å²) in [7, 11) is -3.49. The van der Waals surface area contributed by atoms with Gasteiger partial charge in [-0.05, 0) is 49.6 Å². The summed E-state index contributed by atoms with van der Waals surface area (Å²) in [5.74, 6) is 0.337. The number of hydrogen-bond acceptors (Lipinski definition) is 3. The summed E-state index contributed by atoms with van der Waals surface area (Å²) in [6, 6.07) is 4.76. The Morgan fingerprint density at radius 3 is 2.70 bits per heavy atom. The lowest BCUT2D eigenvalue weighted by atomic mass is 9.96. The Morgan fingerprint density at radius 1 is 1.40 bits per heavy atom. The van der Waals surface area contributed by atoms with Gasteiger partial charge in [-0.15, -0.1) is 12.4 Å². The van der Waals surface area contributed by atoms with Crippen LogP contribution in [0, 0.1) is 12.8 Å². The van der Waals surface area contributed by atoms with E-state index in [0.29, 0.717) is 27.9 Å². The minimum atomic E-state index is -3.49. The van der Waals surface area contributed by atoms with Gasteiger partial charge in [0.25, 0.3) is 0 Å². The number of halogens is 2. The Hall–Kier alpha value is -0.330. The minimum Gasteiger partial charge on any atom is -0.315 e. The molecule has 0 aliphatic carbocycles. The van der Waals surface area contributed by atoms with Crippen molar-refractivity contribution < 1.29 is 8.42 Å². The first-order valence-electron chi connectivity index (χ1n) is 6.39. The topological polar surface area (TPSA) is 58.2 Å². The van der Waals surface area contributed by atoms with Crippen molar-refractivity contribution in [3.8, 4) is 0 Å². The van der Waals surface area contributed by atoms with E-state index in [1.165, 1.54) is 0 Å². The SMILES string of the molecule is Cc1cc(Cl)ccc1S(=O)(=O)NC1CNCCC1C.Cl. The molecule has 4 nitrogen and oxygen atoms in total. The molecule has 1 aromatic rings. The number of benzene rings is 1. The zero-order valence-electron chi connectivity index (χ0n) is 11.5. The predicted octanol–water partition coefficient (Wildman–Crippen LogP) is 2.35. The summed E-state index contributed by atoms with van der Waals surface area (Å²) >= 11 is 5.86. The molecule has 0 spiro atoms. The molecule has 1 aliphatic heterocycles. The van der Waals surface area contributed by atoms with E-state index >= 15 is 0 Å². The Bertz CT molecular complexity index is 563. The molecular weight excluding hydrogens is 319 g/mol. The summed E-state index contributed by atoms with van der Waals surface area (Å²) < 4.78 is 27.6. The largest absolute Gasteiger partial charge is 0.315 e. The predicted molar refractivity (Wildman–Crippen MR) is 84.2 cm³/mol. The van der Waals surface area contributed by atoms with Crippen molar-refractivity contribution in [3.63, 3.8) is 0 Å². The van der Waals surface area contributed by atoms with Gasteiger partial charge in [-0.2, -0.15) is 0 Å². The first-order chi connectivity index (χ1) is 8.90. The average Bonchev–Trinajstić information content (AvgIpc) is 2.31. The van der Waals surface area contributed by atoms with Gasteiger partial charge in [0.15, 0.2) is 0 Å². The van der Waals surface area contributed by atoms with Crippen LogP contribution in [0.4, 0.5) is 0 Å². The van der Waals surface area contributed by atoms with Crippen LogP contribution < -0.4 is 10.0 Å². The van der Waals surface area contributed by atoms with Gasteiger partial charge in [-0.25, -0.2) is 13.1 Å². The second kappa shape index (κ2) is 7.09. The number of nitrogens with one attached hydrogen (secondary N) is 2. The fourth-order valence-corrected chi connectivity index (χ4v) is 4.12. The summed E-state index contributed by atoms with van der Waals surface area (Å²) in [6.07, 6.45) is 0.979. The molecule has 0 aromatic heterocycles. The quantitative estimate of drug-likeness (QED) is 0.889. The minimum absolute atomic E-state index is 0. The van der Waals surface area contributed by atoms with E-state index in [4.69, 9.17) is 11.6 Å². The van der Waals surface area contributed by atoms with E-state index in [1.807, 2.05) is 0 Å². The van der Waals surface area contributed by atoms with Crippen molar-refractivity contribution in [3.05, 3.63) is 28.8 Å². The monoisotopic (exact) mass is 338 g/mol. The normalized spacial score (nSPS) is 23.1. The molecule has 1 aromatic carbocycles. The van der Waals surface area contributed by atoms with Crippen LogP contribution in [0.15, 0.2) is 23.1 Å². The fraction of sp³-hybridized carbons (Fsp3) is 0.538. The van der Waals surface area contributed by atoms with Gasteiger partial charge in [0.05, 0.1) is 4.90 Å². The van der Waals surface area contributed by atoms with E-state index < -0.39 is 10.0 Å². The highest BCUT2D eigenvalue weighted by Gasteiger charge is 2.27. The molecule has 114 valence electrons. The van der Waals surface area contributed by atoms with Gasteiger partial charge in [-0.1, -0.05) is 18.5 Å². The molecule has 2 unspecified atom stereocenters. The number of sulfonamides is 1. The smallest absolute Gasteiger partial charge is 0.241 e. The van der Waals surface area contributed by atoms with Gasteiger partial charge in [0.2, 0.25) is 10.0 Å². The van der Waals surface area contributed by atoms with E-state index in [1.54, 1.807) is 25.1 Å². The highest BCUT2D eigenvalue weighted by molar-refractivity contribution is 7.89. The summed E-state index contributed by atoms with van der Waals surface area (Å²) in [6.45, 7) is 5.44. The van der Waals surface area contributed by atoms with E-state index in [0.717, 1.165) is 13.0 Å². The molecule has 1 heterocycles. The standard InChI is InChI=1S/C13H19ClN2O2S.ClH/c1-9-5-6-15-8-12(9)16-19(17,18)13-4-3-11(14)7-10(13)2;/h3-4,7,9,12,15-16H,5-6,8H2,1-2H3;1H. The molecule has 2 rings (SSSR count). The van der Waals surface area contributed by atoms with Crippen molar-refractivity contribution >= 4 is 34.0 Å². The highest BCUT2D eigenvalue weighted by Crippen LogP contribution is 2.21. The first-order valence-corrected chi connectivity index (χ1v) is 8.25. The maximum atomic E-state index is 12.4. The second-order valence-corrected chi connectivity index (χ2v) is 7.23. The van der Waals surface area contributed by atoms with Crippen LogP contribution in [-0.4, -0.2) is 27.5 Å². The summed E-state index contributed by atoms with van der Waals surface area (Å²) in [4.78, 5) is 0.301. The summed E-state index contributed by atoms with van der Waals surface area (Å²) in [5.41, 5.74) is 0.663. The van der Waals surface area contributed by atoms with Crippen molar-refractivity contribution in [2.45, 2.75) is 31.2 Å². The second-order valence-electron chi connectivity index (χ2n) is 5.11. The van der Waals surface area contributed by atoms with Crippen molar-refractivity contribution in [1.29, 1.82) is 0 Å². The maximum absolute atomic E-state index is 12.4. The van der Waals surface area contributed by atoms with Gasteiger partial charge >= 0.3 is 0 Å². The maximum Gasteiger partial charge on any atom is 0.241 e. The molecule has 7 heteroatoms. The first kappa shape index (κ1) is 17.7. The van der Waals surface area contributed by atoms with E-state index in [2.05, 4.69) is 17.0 Å². The number of hydrogen-bond donors (Lipinski definition) is 2. The molecule has 1 aliphatic rings. The lowest BCUT2D eigenvalue weighted by Gasteiger charge is -2.30. The van der Waals surface area contributed by atoms with Crippen LogP contribution in [0.5, 0.6) is 0 Å². The lowest BCUT2D eigenvalue weighted by molar-refractivity contribution is 0.327. The van der Waals surface area contributed by atoms with E-state index in [-0.39, 0.29) is 18.4 Å². The zero-order chi connectivity index (χ0) is 14.0. The Labute approximate surface area is 131 Å². The third kappa shape index (κ3) is 4.09.